The first-order valence-electron chi connectivity index (χ1n) is 7.11. The van der Waals surface area contributed by atoms with Crippen LogP contribution in [0, 0.1) is 0 Å². The summed E-state index contributed by atoms with van der Waals surface area (Å²) in [5.41, 5.74) is 0.508. The molecule has 0 saturated carbocycles. The lowest BCUT2D eigenvalue weighted by atomic mass is 10.1. The Morgan fingerprint density at radius 2 is 1.68 bits per heavy atom. The van der Waals surface area contributed by atoms with Crippen molar-refractivity contribution >= 4 is 10.9 Å². The summed E-state index contributed by atoms with van der Waals surface area (Å²) >= 11 is 0. The molecule has 0 fully saturated rings. The summed E-state index contributed by atoms with van der Waals surface area (Å²) < 4.78 is 1.13. The Morgan fingerprint density at radius 1 is 1.00 bits per heavy atom. The van der Waals surface area contributed by atoms with Crippen LogP contribution in [-0.4, -0.2) is 14.7 Å². The standard InChI is InChI=1S/C17H16N2O3/c20-15(12-6-2-1-3-7-12)10-11-19-16(21)13-8-4-5-9-14(13)18-17(19)22/h1-9,15,20H,10-11H2,(H,18,22)/t15-/m0/s1. The molecule has 2 aromatic carbocycles. The van der Waals surface area contributed by atoms with E-state index in [1.807, 2.05) is 30.3 Å². The second kappa shape index (κ2) is 5.99. The number of hydrogen-bond acceptors (Lipinski definition) is 3. The van der Waals surface area contributed by atoms with E-state index < -0.39 is 11.8 Å². The molecule has 1 atom stereocenters. The molecule has 0 radical (unpaired) electrons. The van der Waals surface area contributed by atoms with E-state index in [0.29, 0.717) is 17.3 Å². The Balaban J connectivity index is 1.88. The van der Waals surface area contributed by atoms with Gasteiger partial charge in [-0.15, -0.1) is 0 Å². The number of nitrogens with zero attached hydrogens (tertiary/aromatic N) is 1. The summed E-state index contributed by atoms with van der Waals surface area (Å²) in [5, 5.41) is 10.6. The fraction of sp³-hybridized carbons (Fsp3) is 0.176. The fourth-order valence-corrected chi connectivity index (χ4v) is 2.50. The molecule has 5 heteroatoms. The zero-order valence-corrected chi connectivity index (χ0v) is 11.9. The molecule has 22 heavy (non-hydrogen) atoms. The zero-order chi connectivity index (χ0) is 15.5. The van der Waals surface area contributed by atoms with Gasteiger partial charge < -0.3 is 10.1 Å². The zero-order valence-electron chi connectivity index (χ0n) is 11.9. The highest BCUT2D eigenvalue weighted by atomic mass is 16.3. The molecule has 0 bridgehead atoms. The van der Waals surface area contributed by atoms with Gasteiger partial charge in [0.2, 0.25) is 0 Å². The van der Waals surface area contributed by atoms with Gasteiger partial charge in [0.05, 0.1) is 17.0 Å². The monoisotopic (exact) mass is 296 g/mol. The van der Waals surface area contributed by atoms with Gasteiger partial charge in [-0.05, 0) is 24.1 Å². The van der Waals surface area contributed by atoms with Gasteiger partial charge in [0.1, 0.15) is 0 Å². The summed E-state index contributed by atoms with van der Waals surface area (Å²) in [7, 11) is 0. The van der Waals surface area contributed by atoms with E-state index in [1.54, 1.807) is 24.3 Å². The Bertz CT molecular complexity index is 897. The number of aromatic amines is 1. The fourth-order valence-electron chi connectivity index (χ4n) is 2.50. The Labute approximate surface area is 126 Å². The number of rotatable bonds is 4. The maximum Gasteiger partial charge on any atom is 0.328 e. The molecule has 1 heterocycles. The number of hydrogen-bond donors (Lipinski definition) is 2. The lowest BCUT2D eigenvalue weighted by Crippen LogP contribution is -2.35. The topological polar surface area (TPSA) is 75.1 Å². The van der Waals surface area contributed by atoms with E-state index in [1.165, 1.54) is 0 Å². The summed E-state index contributed by atoms with van der Waals surface area (Å²) in [6, 6.07) is 16.1. The van der Waals surface area contributed by atoms with Crippen molar-refractivity contribution in [1.29, 1.82) is 0 Å². The summed E-state index contributed by atoms with van der Waals surface area (Å²) in [5.74, 6) is 0. The van der Waals surface area contributed by atoms with Crippen molar-refractivity contribution in [2.45, 2.75) is 19.1 Å². The third kappa shape index (κ3) is 2.71. The first kappa shape index (κ1) is 14.3. The van der Waals surface area contributed by atoms with Crippen molar-refractivity contribution in [3.8, 4) is 0 Å². The van der Waals surface area contributed by atoms with Gasteiger partial charge in [-0.3, -0.25) is 9.36 Å². The molecule has 0 aliphatic carbocycles. The molecule has 0 amide bonds. The molecule has 112 valence electrons. The van der Waals surface area contributed by atoms with Crippen LogP contribution in [0.15, 0.2) is 64.2 Å². The number of aliphatic hydroxyl groups is 1. The molecule has 0 spiro atoms. The second-order valence-electron chi connectivity index (χ2n) is 5.15. The van der Waals surface area contributed by atoms with Crippen molar-refractivity contribution in [2.75, 3.05) is 0 Å². The molecular formula is C17H16N2O3. The number of aromatic nitrogens is 2. The van der Waals surface area contributed by atoms with Crippen molar-refractivity contribution in [3.05, 3.63) is 81.0 Å². The van der Waals surface area contributed by atoms with Gasteiger partial charge in [-0.25, -0.2) is 4.79 Å². The van der Waals surface area contributed by atoms with Crippen molar-refractivity contribution < 1.29 is 5.11 Å². The lowest BCUT2D eigenvalue weighted by molar-refractivity contribution is 0.160. The molecular weight excluding hydrogens is 280 g/mol. The molecule has 1 aromatic heterocycles. The smallest absolute Gasteiger partial charge is 0.328 e. The highest BCUT2D eigenvalue weighted by Gasteiger charge is 2.11. The van der Waals surface area contributed by atoms with Gasteiger partial charge in [0.25, 0.3) is 5.56 Å². The predicted molar refractivity (Wildman–Crippen MR) is 84.8 cm³/mol. The average molecular weight is 296 g/mol. The first-order chi connectivity index (χ1) is 10.7. The Morgan fingerprint density at radius 3 is 2.45 bits per heavy atom. The minimum atomic E-state index is -0.709. The van der Waals surface area contributed by atoms with E-state index >= 15 is 0 Å². The maximum atomic E-state index is 12.4. The number of H-pyrrole nitrogens is 1. The van der Waals surface area contributed by atoms with Crippen molar-refractivity contribution in [3.63, 3.8) is 0 Å². The largest absolute Gasteiger partial charge is 0.388 e. The molecule has 0 aliphatic heterocycles. The van der Waals surface area contributed by atoms with Gasteiger partial charge in [-0.2, -0.15) is 0 Å². The lowest BCUT2D eigenvalue weighted by Gasteiger charge is -2.12. The Hall–Kier alpha value is -2.66. The third-order valence-electron chi connectivity index (χ3n) is 3.70. The SMILES string of the molecule is O=c1[nH]c2ccccc2c(=O)n1CC[C@H](O)c1ccccc1. The molecule has 3 aromatic rings. The normalized spacial score (nSPS) is 12.4. The van der Waals surface area contributed by atoms with Crippen LogP contribution in [0.4, 0.5) is 0 Å². The second-order valence-corrected chi connectivity index (χ2v) is 5.15. The van der Waals surface area contributed by atoms with Gasteiger partial charge >= 0.3 is 5.69 Å². The molecule has 0 aliphatic rings. The van der Waals surface area contributed by atoms with E-state index in [2.05, 4.69) is 4.98 Å². The molecule has 5 nitrogen and oxygen atoms in total. The quantitative estimate of drug-likeness (QED) is 0.771. The summed E-state index contributed by atoms with van der Waals surface area (Å²) in [4.78, 5) is 27.1. The van der Waals surface area contributed by atoms with Gasteiger partial charge in [-0.1, -0.05) is 42.5 Å². The molecule has 0 unspecified atom stereocenters. The minimum absolute atomic E-state index is 0.162. The minimum Gasteiger partial charge on any atom is -0.388 e. The summed E-state index contributed by atoms with van der Waals surface area (Å²) in [6.07, 6.45) is -0.412. The van der Waals surface area contributed by atoms with Crippen LogP contribution < -0.4 is 11.2 Å². The first-order valence-corrected chi connectivity index (χ1v) is 7.11. The van der Waals surface area contributed by atoms with E-state index in [9.17, 15) is 14.7 Å². The van der Waals surface area contributed by atoms with Crippen LogP contribution in [0.5, 0.6) is 0 Å². The van der Waals surface area contributed by atoms with Crippen LogP contribution in [0.25, 0.3) is 10.9 Å². The van der Waals surface area contributed by atoms with Gasteiger partial charge in [0, 0.05) is 6.54 Å². The number of aliphatic hydroxyl groups excluding tert-OH is 1. The number of benzene rings is 2. The van der Waals surface area contributed by atoms with Crippen molar-refractivity contribution in [2.24, 2.45) is 0 Å². The number of fused-ring (bicyclic) bond motifs is 1. The van der Waals surface area contributed by atoms with E-state index in [0.717, 1.165) is 10.1 Å². The maximum absolute atomic E-state index is 12.4. The van der Waals surface area contributed by atoms with Crippen LogP contribution in [-0.2, 0) is 6.54 Å². The molecule has 3 rings (SSSR count). The van der Waals surface area contributed by atoms with Crippen LogP contribution in [0.1, 0.15) is 18.1 Å². The van der Waals surface area contributed by atoms with Gasteiger partial charge in [0.15, 0.2) is 0 Å². The molecule has 2 N–H and O–H groups in total. The highest BCUT2D eigenvalue weighted by Crippen LogP contribution is 2.16. The van der Waals surface area contributed by atoms with E-state index in [-0.39, 0.29) is 12.1 Å². The Kier molecular flexibility index (Phi) is 3.89. The molecule has 0 saturated heterocycles. The average Bonchev–Trinajstić information content (AvgIpc) is 2.55. The van der Waals surface area contributed by atoms with E-state index in [4.69, 9.17) is 0 Å². The van der Waals surface area contributed by atoms with Crippen LogP contribution >= 0.6 is 0 Å². The predicted octanol–water partition coefficient (Wildman–Crippen LogP) is 1.81. The number of para-hydroxylation sites is 1. The number of nitrogens with one attached hydrogen (secondary N) is 1. The summed E-state index contributed by atoms with van der Waals surface area (Å²) in [6.45, 7) is 0.162. The third-order valence-corrected chi connectivity index (χ3v) is 3.70. The van der Waals surface area contributed by atoms with Crippen molar-refractivity contribution in [1.82, 2.24) is 9.55 Å². The van der Waals surface area contributed by atoms with Crippen LogP contribution in [0.3, 0.4) is 0 Å². The highest BCUT2D eigenvalue weighted by molar-refractivity contribution is 5.76. The van der Waals surface area contributed by atoms with Crippen LogP contribution in [0.2, 0.25) is 0 Å².